The van der Waals surface area contributed by atoms with E-state index in [4.69, 9.17) is 10.5 Å². The molecule has 0 bridgehead atoms. The van der Waals surface area contributed by atoms with E-state index in [1.165, 1.54) is 0 Å². The molecule has 1 aromatic rings. The highest BCUT2D eigenvalue weighted by Gasteiger charge is 2.36. The van der Waals surface area contributed by atoms with Gasteiger partial charge in [-0.1, -0.05) is 0 Å². The SMILES string of the molecule is COc1cc(N)cc(NC2(CO)CCC2)c1. The third-order valence-electron chi connectivity index (χ3n) is 3.19. The molecular formula is C12H18N2O2. The van der Waals surface area contributed by atoms with Crippen LogP contribution in [0.15, 0.2) is 18.2 Å². The van der Waals surface area contributed by atoms with E-state index in [-0.39, 0.29) is 12.1 Å². The van der Waals surface area contributed by atoms with Gasteiger partial charge in [0, 0.05) is 23.5 Å². The summed E-state index contributed by atoms with van der Waals surface area (Å²) < 4.78 is 5.15. The average Bonchev–Trinajstić information content (AvgIpc) is 2.22. The first-order chi connectivity index (χ1) is 7.67. The Hall–Kier alpha value is -1.42. The van der Waals surface area contributed by atoms with Crippen molar-refractivity contribution in [3.05, 3.63) is 18.2 Å². The van der Waals surface area contributed by atoms with Crippen molar-refractivity contribution in [1.82, 2.24) is 0 Å². The van der Waals surface area contributed by atoms with Crippen molar-refractivity contribution in [3.8, 4) is 5.75 Å². The Kier molecular flexibility index (Phi) is 2.92. The van der Waals surface area contributed by atoms with Crippen LogP contribution in [0.1, 0.15) is 19.3 Å². The summed E-state index contributed by atoms with van der Waals surface area (Å²) in [5.41, 5.74) is 7.19. The summed E-state index contributed by atoms with van der Waals surface area (Å²) in [5, 5.41) is 12.7. The molecule has 1 aliphatic carbocycles. The number of benzene rings is 1. The van der Waals surface area contributed by atoms with Gasteiger partial charge in [-0.3, -0.25) is 0 Å². The van der Waals surface area contributed by atoms with Crippen molar-refractivity contribution in [3.63, 3.8) is 0 Å². The molecule has 0 unspecified atom stereocenters. The van der Waals surface area contributed by atoms with Crippen molar-refractivity contribution in [2.45, 2.75) is 24.8 Å². The first kappa shape index (κ1) is 11.1. The van der Waals surface area contributed by atoms with E-state index in [0.29, 0.717) is 5.69 Å². The Balaban J connectivity index is 2.17. The number of rotatable bonds is 4. The molecule has 0 heterocycles. The van der Waals surface area contributed by atoms with Crippen LogP contribution in [0.2, 0.25) is 0 Å². The van der Waals surface area contributed by atoms with Crippen molar-refractivity contribution in [2.75, 3.05) is 24.8 Å². The maximum absolute atomic E-state index is 9.37. The van der Waals surface area contributed by atoms with Crippen LogP contribution in [-0.4, -0.2) is 24.4 Å². The molecule has 1 saturated carbocycles. The normalized spacial score (nSPS) is 17.6. The molecule has 0 atom stereocenters. The van der Waals surface area contributed by atoms with Gasteiger partial charge in [0.25, 0.3) is 0 Å². The fourth-order valence-electron chi connectivity index (χ4n) is 2.04. The van der Waals surface area contributed by atoms with Crippen LogP contribution < -0.4 is 15.8 Å². The minimum absolute atomic E-state index is 0.154. The second kappa shape index (κ2) is 4.22. The predicted molar refractivity (Wildman–Crippen MR) is 64.7 cm³/mol. The van der Waals surface area contributed by atoms with Crippen LogP contribution in [0, 0.1) is 0 Å². The molecule has 16 heavy (non-hydrogen) atoms. The molecule has 4 heteroatoms. The molecule has 0 radical (unpaired) electrons. The molecule has 1 aliphatic rings. The van der Waals surface area contributed by atoms with Crippen LogP contribution in [0.4, 0.5) is 11.4 Å². The molecule has 0 aliphatic heterocycles. The smallest absolute Gasteiger partial charge is 0.122 e. The van der Waals surface area contributed by atoms with Crippen LogP contribution in [0.25, 0.3) is 0 Å². The highest BCUT2D eigenvalue weighted by atomic mass is 16.5. The topological polar surface area (TPSA) is 67.5 Å². The molecule has 0 aromatic heterocycles. The van der Waals surface area contributed by atoms with Gasteiger partial charge in [-0.25, -0.2) is 0 Å². The Morgan fingerprint density at radius 3 is 2.69 bits per heavy atom. The second-order valence-electron chi connectivity index (χ2n) is 4.41. The van der Waals surface area contributed by atoms with Crippen molar-refractivity contribution in [1.29, 1.82) is 0 Å². The number of nitrogens with two attached hydrogens (primary N) is 1. The highest BCUT2D eigenvalue weighted by molar-refractivity contribution is 5.60. The zero-order valence-electron chi connectivity index (χ0n) is 9.49. The number of methoxy groups -OCH3 is 1. The number of hydrogen-bond donors (Lipinski definition) is 3. The zero-order chi connectivity index (χ0) is 11.6. The van der Waals surface area contributed by atoms with Gasteiger partial charge < -0.3 is 20.9 Å². The number of ether oxygens (including phenoxy) is 1. The lowest BCUT2D eigenvalue weighted by molar-refractivity contribution is 0.144. The number of nitrogen functional groups attached to an aromatic ring is 1. The number of anilines is 2. The van der Waals surface area contributed by atoms with Gasteiger partial charge in [0.15, 0.2) is 0 Å². The summed E-state index contributed by atoms with van der Waals surface area (Å²) in [4.78, 5) is 0. The maximum Gasteiger partial charge on any atom is 0.122 e. The summed E-state index contributed by atoms with van der Waals surface area (Å²) >= 11 is 0. The van der Waals surface area contributed by atoms with Gasteiger partial charge in [0.1, 0.15) is 5.75 Å². The first-order valence-corrected chi connectivity index (χ1v) is 5.51. The number of aliphatic hydroxyl groups is 1. The molecule has 4 N–H and O–H groups in total. The van der Waals surface area contributed by atoms with Crippen LogP contribution in [0.5, 0.6) is 5.75 Å². The van der Waals surface area contributed by atoms with Gasteiger partial charge in [0.05, 0.1) is 19.3 Å². The molecule has 1 fully saturated rings. The number of aliphatic hydroxyl groups excluding tert-OH is 1. The monoisotopic (exact) mass is 222 g/mol. The largest absolute Gasteiger partial charge is 0.497 e. The quantitative estimate of drug-likeness (QED) is 0.677. The van der Waals surface area contributed by atoms with Gasteiger partial charge in [-0.2, -0.15) is 0 Å². The van der Waals surface area contributed by atoms with E-state index >= 15 is 0 Å². The first-order valence-electron chi connectivity index (χ1n) is 5.51. The summed E-state index contributed by atoms with van der Waals surface area (Å²) in [6.45, 7) is 0.157. The third-order valence-corrected chi connectivity index (χ3v) is 3.19. The van der Waals surface area contributed by atoms with E-state index in [2.05, 4.69) is 5.32 Å². The minimum atomic E-state index is -0.154. The second-order valence-corrected chi connectivity index (χ2v) is 4.41. The van der Waals surface area contributed by atoms with E-state index in [1.807, 2.05) is 12.1 Å². The Labute approximate surface area is 95.4 Å². The summed E-state index contributed by atoms with van der Waals surface area (Å²) in [6.07, 6.45) is 3.16. The summed E-state index contributed by atoms with van der Waals surface area (Å²) in [6, 6.07) is 5.53. The van der Waals surface area contributed by atoms with E-state index in [9.17, 15) is 5.11 Å². The van der Waals surface area contributed by atoms with E-state index < -0.39 is 0 Å². The molecular weight excluding hydrogens is 204 g/mol. The molecule has 2 rings (SSSR count). The Morgan fingerprint density at radius 2 is 2.19 bits per heavy atom. The van der Waals surface area contributed by atoms with Crippen LogP contribution in [-0.2, 0) is 0 Å². The lowest BCUT2D eigenvalue weighted by Crippen LogP contribution is -2.48. The lowest BCUT2D eigenvalue weighted by Gasteiger charge is -2.42. The van der Waals surface area contributed by atoms with Crippen LogP contribution >= 0.6 is 0 Å². The number of nitrogens with one attached hydrogen (secondary N) is 1. The number of hydrogen-bond acceptors (Lipinski definition) is 4. The van der Waals surface area contributed by atoms with Crippen molar-refractivity contribution in [2.24, 2.45) is 0 Å². The van der Waals surface area contributed by atoms with E-state index in [0.717, 1.165) is 30.7 Å². The Morgan fingerprint density at radius 1 is 1.44 bits per heavy atom. The Bertz CT molecular complexity index is 370. The van der Waals surface area contributed by atoms with E-state index in [1.54, 1.807) is 13.2 Å². The molecule has 1 aromatic carbocycles. The average molecular weight is 222 g/mol. The zero-order valence-corrected chi connectivity index (χ0v) is 9.49. The van der Waals surface area contributed by atoms with Gasteiger partial charge in [0.2, 0.25) is 0 Å². The third kappa shape index (κ3) is 2.07. The predicted octanol–water partition coefficient (Wildman–Crippen LogP) is 1.60. The fourth-order valence-corrected chi connectivity index (χ4v) is 2.04. The van der Waals surface area contributed by atoms with Crippen molar-refractivity contribution < 1.29 is 9.84 Å². The lowest BCUT2D eigenvalue weighted by atomic mass is 9.77. The molecule has 88 valence electrons. The van der Waals surface area contributed by atoms with Crippen molar-refractivity contribution >= 4 is 11.4 Å². The standard InChI is InChI=1S/C12H18N2O2/c1-16-11-6-9(13)5-10(7-11)14-12(8-15)3-2-4-12/h5-7,14-15H,2-4,8,13H2,1H3. The molecule has 0 amide bonds. The molecule has 0 saturated heterocycles. The van der Waals surface area contributed by atoms with Crippen LogP contribution in [0.3, 0.4) is 0 Å². The minimum Gasteiger partial charge on any atom is -0.497 e. The highest BCUT2D eigenvalue weighted by Crippen LogP contribution is 2.36. The van der Waals surface area contributed by atoms with Gasteiger partial charge in [-0.15, -0.1) is 0 Å². The summed E-state index contributed by atoms with van der Waals surface area (Å²) in [5.74, 6) is 0.731. The maximum atomic E-state index is 9.37. The molecule has 0 spiro atoms. The molecule has 4 nitrogen and oxygen atoms in total. The fraction of sp³-hybridized carbons (Fsp3) is 0.500. The van der Waals surface area contributed by atoms with Gasteiger partial charge >= 0.3 is 0 Å². The summed E-state index contributed by atoms with van der Waals surface area (Å²) in [7, 11) is 1.61. The van der Waals surface area contributed by atoms with Gasteiger partial charge in [-0.05, 0) is 25.3 Å².